The van der Waals surface area contributed by atoms with E-state index in [1.165, 1.54) is 7.11 Å². The lowest BCUT2D eigenvalue weighted by atomic mass is 9.96. The van der Waals surface area contributed by atoms with Gasteiger partial charge < -0.3 is 19.4 Å². The molecule has 1 aliphatic rings. The van der Waals surface area contributed by atoms with E-state index in [0.717, 1.165) is 0 Å². The van der Waals surface area contributed by atoms with Crippen LogP contribution in [-0.2, 0) is 4.79 Å². The smallest absolute Gasteiger partial charge is 0.287 e. The van der Waals surface area contributed by atoms with E-state index in [1.54, 1.807) is 17.0 Å². The molecular weight excluding hydrogens is 272 g/mol. The summed E-state index contributed by atoms with van der Waals surface area (Å²) in [5, 5.41) is 2.83. The van der Waals surface area contributed by atoms with Crippen LogP contribution in [-0.4, -0.2) is 43.0 Å². The van der Waals surface area contributed by atoms with Gasteiger partial charge in [-0.2, -0.15) is 0 Å². The van der Waals surface area contributed by atoms with Crippen LogP contribution in [0.1, 0.15) is 37.7 Å². The molecule has 6 nitrogen and oxygen atoms in total. The van der Waals surface area contributed by atoms with Gasteiger partial charge in [0.25, 0.3) is 11.9 Å². The number of hydrogen-bond donors (Lipinski definition) is 1. The first-order chi connectivity index (χ1) is 9.78. The quantitative estimate of drug-likeness (QED) is 0.917. The number of rotatable bonds is 4. The minimum absolute atomic E-state index is 0.0446. The molecule has 1 fully saturated rings. The summed E-state index contributed by atoms with van der Waals surface area (Å²) in [6.07, 6.45) is 0.333. The fraction of sp³-hybridized carbons (Fsp3) is 0.600. The van der Waals surface area contributed by atoms with Gasteiger partial charge in [-0.05, 0) is 11.5 Å². The summed E-state index contributed by atoms with van der Waals surface area (Å²) in [6.45, 7) is 7.48. The highest BCUT2D eigenvalue weighted by Gasteiger charge is 2.33. The average Bonchev–Trinajstić information content (AvgIpc) is 2.95. The van der Waals surface area contributed by atoms with Crippen molar-refractivity contribution in [3.05, 3.63) is 17.9 Å². The van der Waals surface area contributed by atoms with E-state index in [1.807, 2.05) is 0 Å². The molecule has 2 amide bonds. The standard InChI is InChI=1S/C15H22N2O4/c1-15(2,3)9-17-8-10(7-12(17)18)16-14(19)11-5-6-13(20-4)21-11/h5-6,10H,7-9H2,1-4H3,(H,16,19)/t10-/m1/s1. The molecule has 0 saturated carbocycles. The third kappa shape index (κ3) is 4.00. The van der Waals surface area contributed by atoms with Gasteiger partial charge in [-0.25, -0.2) is 0 Å². The van der Waals surface area contributed by atoms with Gasteiger partial charge in [-0.15, -0.1) is 0 Å². The third-order valence-electron chi connectivity index (χ3n) is 3.22. The molecule has 0 unspecified atom stereocenters. The Morgan fingerprint density at radius 2 is 2.19 bits per heavy atom. The van der Waals surface area contributed by atoms with Gasteiger partial charge in [0.15, 0.2) is 5.76 Å². The number of amides is 2. The molecule has 0 radical (unpaired) electrons. The van der Waals surface area contributed by atoms with Crippen LogP contribution < -0.4 is 10.1 Å². The van der Waals surface area contributed by atoms with E-state index in [2.05, 4.69) is 26.1 Å². The Bertz CT molecular complexity index is 530. The van der Waals surface area contributed by atoms with Crippen molar-refractivity contribution in [1.82, 2.24) is 10.2 Å². The number of methoxy groups -OCH3 is 1. The normalized spacial score (nSPS) is 19.0. The highest BCUT2D eigenvalue weighted by molar-refractivity contribution is 5.92. The molecule has 6 heteroatoms. The number of hydrogen-bond acceptors (Lipinski definition) is 4. The fourth-order valence-corrected chi connectivity index (χ4v) is 2.40. The second-order valence-electron chi connectivity index (χ2n) is 6.53. The van der Waals surface area contributed by atoms with Gasteiger partial charge in [0.05, 0.1) is 13.2 Å². The van der Waals surface area contributed by atoms with Gasteiger partial charge in [-0.1, -0.05) is 20.8 Å². The van der Waals surface area contributed by atoms with Gasteiger partial charge in [0.1, 0.15) is 0 Å². The third-order valence-corrected chi connectivity index (χ3v) is 3.22. The molecule has 0 aliphatic carbocycles. The van der Waals surface area contributed by atoms with Gasteiger partial charge >= 0.3 is 0 Å². The molecule has 0 bridgehead atoms. The maximum absolute atomic E-state index is 12.0. The van der Waals surface area contributed by atoms with E-state index < -0.39 is 0 Å². The van der Waals surface area contributed by atoms with Gasteiger partial charge in [-0.3, -0.25) is 9.59 Å². The SMILES string of the molecule is COc1ccc(C(=O)N[C@@H]2CC(=O)N(CC(C)(C)C)C2)o1. The molecule has 2 rings (SSSR count). The summed E-state index contributed by atoms with van der Waals surface area (Å²) in [5.41, 5.74) is 0.0446. The van der Waals surface area contributed by atoms with E-state index in [-0.39, 0.29) is 35.0 Å². The predicted molar refractivity (Wildman–Crippen MR) is 77.2 cm³/mol. The number of furan rings is 1. The van der Waals surface area contributed by atoms with Crippen LogP contribution in [0.25, 0.3) is 0 Å². The molecule has 2 heterocycles. The lowest BCUT2D eigenvalue weighted by molar-refractivity contribution is -0.128. The van der Waals surface area contributed by atoms with Crippen molar-refractivity contribution in [2.24, 2.45) is 5.41 Å². The van der Waals surface area contributed by atoms with Crippen LogP contribution in [0.3, 0.4) is 0 Å². The first kappa shape index (κ1) is 15.4. The summed E-state index contributed by atoms with van der Waals surface area (Å²) in [6, 6.07) is 2.96. The zero-order valence-corrected chi connectivity index (χ0v) is 12.9. The van der Waals surface area contributed by atoms with Crippen molar-refractivity contribution < 1.29 is 18.7 Å². The van der Waals surface area contributed by atoms with Gasteiger partial charge in [0.2, 0.25) is 5.91 Å². The first-order valence-electron chi connectivity index (χ1n) is 7.01. The second-order valence-corrected chi connectivity index (χ2v) is 6.53. The van der Waals surface area contributed by atoms with E-state index in [9.17, 15) is 9.59 Å². The Kier molecular flexibility index (Phi) is 4.25. The lowest BCUT2D eigenvalue weighted by Crippen LogP contribution is -2.39. The number of nitrogens with one attached hydrogen (secondary N) is 1. The zero-order valence-electron chi connectivity index (χ0n) is 12.9. The van der Waals surface area contributed by atoms with Crippen LogP contribution >= 0.6 is 0 Å². The molecule has 21 heavy (non-hydrogen) atoms. The van der Waals surface area contributed by atoms with Crippen molar-refractivity contribution in [2.75, 3.05) is 20.2 Å². The minimum Gasteiger partial charge on any atom is -0.468 e. The predicted octanol–water partition coefficient (Wildman–Crippen LogP) is 1.66. The molecule has 0 aromatic carbocycles. The number of carbonyl (C=O) groups excluding carboxylic acids is 2. The Labute approximate surface area is 124 Å². The summed E-state index contributed by atoms with van der Waals surface area (Å²) in [7, 11) is 1.47. The van der Waals surface area contributed by atoms with Crippen LogP contribution in [0, 0.1) is 5.41 Å². The van der Waals surface area contributed by atoms with E-state index in [4.69, 9.17) is 9.15 Å². The Morgan fingerprint density at radius 3 is 2.76 bits per heavy atom. The van der Waals surface area contributed by atoms with Crippen molar-refractivity contribution in [3.8, 4) is 5.95 Å². The topological polar surface area (TPSA) is 71.8 Å². The summed E-state index contributed by atoms with van der Waals surface area (Å²) >= 11 is 0. The summed E-state index contributed by atoms with van der Waals surface area (Å²) in [5.74, 6) is 0.228. The van der Waals surface area contributed by atoms with Gasteiger partial charge in [0, 0.05) is 25.6 Å². The second kappa shape index (κ2) is 5.79. The minimum atomic E-state index is -0.325. The highest BCUT2D eigenvalue weighted by atomic mass is 16.6. The maximum Gasteiger partial charge on any atom is 0.287 e. The maximum atomic E-state index is 12.0. The summed E-state index contributed by atoms with van der Waals surface area (Å²) in [4.78, 5) is 25.8. The number of ether oxygens (including phenoxy) is 1. The molecule has 1 aliphatic heterocycles. The highest BCUT2D eigenvalue weighted by Crippen LogP contribution is 2.21. The number of carbonyl (C=O) groups is 2. The molecule has 1 atom stereocenters. The van der Waals surface area contributed by atoms with Crippen molar-refractivity contribution >= 4 is 11.8 Å². The van der Waals surface area contributed by atoms with Crippen molar-refractivity contribution in [3.63, 3.8) is 0 Å². The van der Waals surface area contributed by atoms with Crippen LogP contribution in [0.15, 0.2) is 16.5 Å². The van der Waals surface area contributed by atoms with Crippen LogP contribution in [0.4, 0.5) is 0 Å². The molecule has 116 valence electrons. The number of nitrogens with zero attached hydrogens (tertiary/aromatic N) is 1. The van der Waals surface area contributed by atoms with Crippen LogP contribution in [0.5, 0.6) is 5.95 Å². The monoisotopic (exact) mass is 294 g/mol. The molecule has 1 aromatic rings. The largest absolute Gasteiger partial charge is 0.468 e. The molecule has 1 saturated heterocycles. The molecule has 1 N–H and O–H groups in total. The van der Waals surface area contributed by atoms with Crippen molar-refractivity contribution in [1.29, 1.82) is 0 Å². The first-order valence-corrected chi connectivity index (χ1v) is 7.01. The summed E-state index contributed by atoms with van der Waals surface area (Å²) < 4.78 is 10.1. The Balaban J connectivity index is 1.92. The Morgan fingerprint density at radius 1 is 1.48 bits per heavy atom. The fourth-order valence-electron chi connectivity index (χ4n) is 2.40. The van der Waals surface area contributed by atoms with Crippen LogP contribution in [0.2, 0.25) is 0 Å². The van der Waals surface area contributed by atoms with E-state index in [0.29, 0.717) is 19.5 Å². The zero-order chi connectivity index (χ0) is 15.6. The van der Waals surface area contributed by atoms with Crippen molar-refractivity contribution in [2.45, 2.75) is 33.2 Å². The Hall–Kier alpha value is -1.98. The number of likely N-dealkylation sites (tertiary alicyclic amines) is 1. The lowest BCUT2D eigenvalue weighted by Gasteiger charge is -2.26. The molecule has 1 aromatic heterocycles. The molecular formula is C15H22N2O4. The average molecular weight is 294 g/mol. The molecule has 0 spiro atoms. The van der Waals surface area contributed by atoms with E-state index >= 15 is 0 Å².